The topological polar surface area (TPSA) is 75.7 Å². The van der Waals surface area contributed by atoms with Gasteiger partial charge in [0.2, 0.25) is 10.0 Å². The number of likely N-dealkylation sites (tertiary alicyclic amines) is 1. The Morgan fingerprint density at radius 2 is 1.86 bits per heavy atom. The molecule has 2 aromatic rings. The van der Waals surface area contributed by atoms with E-state index in [-0.39, 0.29) is 23.6 Å². The Balaban J connectivity index is 1.66. The van der Waals surface area contributed by atoms with Crippen molar-refractivity contribution in [3.05, 3.63) is 42.5 Å². The lowest BCUT2D eigenvalue weighted by molar-refractivity contribution is 0.00910. The lowest BCUT2D eigenvalue weighted by atomic mass is 10.00. The largest absolute Gasteiger partial charge is 0.444 e. The number of nitrogens with one attached hydrogen (secondary N) is 1. The summed E-state index contributed by atoms with van der Waals surface area (Å²) < 4.78 is 34.0. The monoisotopic (exact) mass is 418 g/mol. The van der Waals surface area contributed by atoms with E-state index in [0.29, 0.717) is 18.4 Å². The summed E-state index contributed by atoms with van der Waals surface area (Å²) >= 11 is 0. The van der Waals surface area contributed by atoms with E-state index in [0.717, 1.165) is 24.6 Å². The zero-order valence-electron chi connectivity index (χ0n) is 17.3. The lowest BCUT2D eigenvalue weighted by Crippen LogP contribution is -2.47. The maximum atomic E-state index is 12.9. The molecular formula is C22H30N2O4S. The summed E-state index contributed by atoms with van der Waals surface area (Å²) in [6.07, 6.45) is 3.06. The highest BCUT2D eigenvalue weighted by Gasteiger charge is 2.30. The van der Waals surface area contributed by atoms with Gasteiger partial charge in [-0.15, -0.1) is 0 Å². The molecule has 1 amide bonds. The van der Waals surface area contributed by atoms with Crippen molar-refractivity contribution in [2.45, 2.75) is 63.0 Å². The van der Waals surface area contributed by atoms with E-state index >= 15 is 0 Å². The number of amides is 1. The molecule has 1 aliphatic heterocycles. The molecule has 29 heavy (non-hydrogen) atoms. The first-order chi connectivity index (χ1) is 13.7. The molecule has 0 saturated carbocycles. The summed E-state index contributed by atoms with van der Waals surface area (Å²) in [7, 11) is -3.64. The molecule has 0 aliphatic carbocycles. The third-order valence-corrected chi connectivity index (χ3v) is 6.58. The molecule has 0 spiro atoms. The number of benzene rings is 2. The van der Waals surface area contributed by atoms with Crippen molar-refractivity contribution in [1.29, 1.82) is 0 Å². The van der Waals surface area contributed by atoms with E-state index in [9.17, 15) is 13.2 Å². The molecule has 3 rings (SSSR count). The van der Waals surface area contributed by atoms with Crippen molar-refractivity contribution in [1.82, 2.24) is 9.62 Å². The van der Waals surface area contributed by atoms with Gasteiger partial charge in [0, 0.05) is 24.5 Å². The average molecular weight is 419 g/mol. The van der Waals surface area contributed by atoms with Crippen LogP contribution >= 0.6 is 0 Å². The third-order valence-electron chi connectivity index (χ3n) is 5.06. The summed E-state index contributed by atoms with van der Waals surface area (Å²) in [5.74, 6) is 0. The van der Waals surface area contributed by atoms with Crippen LogP contribution in [0.1, 0.15) is 46.5 Å². The molecule has 2 aromatic carbocycles. The van der Waals surface area contributed by atoms with Crippen LogP contribution in [-0.2, 0) is 14.8 Å². The third kappa shape index (κ3) is 5.48. The van der Waals surface area contributed by atoms with Crippen LogP contribution in [0.3, 0.4) is 0 Å². The van der Waals surface area contributed by atoms with Gasteiger partial charge in [0.25, 0.3) is 0 Å². The molecule has 1 atom stereocenters. The molecule has 0 radical (unpaired) electrons. The summed E-state index contributed by atoms with van der Waals surface area (Å²) in [5.41, 5.74) is -0.547. The molecule has 158 valence electrons. The Morgan fingerprint density at radius 1 is 1.14 bits per heavy atom. The zero-order valence-corrected chi connectivity index (χ0v) is 18.2. The summed E-state index contributed by atoms with van der Waals surface area (Å²) in [6, 6.07) is 12.7. The van der Waals surface area contributed by atoms with Crippen LogP contribution in [0.4, 0.5) is 4.79 Å². The first-order valence-corrected chi connectivity index (χ1v) is 11.6. The van der Waals surface area contributed by atoms with Gasteiger partial charge in [-0.05, 0) is 57.9 Å². The molecule has 1 aliphatic rings. The standard InChI is InChI=1S/C22H30N2O4S/c1-22(2,3)28-21(25)24-16-7-6-11-18(24)14-15-23-29(26,27)20-13-8-10-17-9-4-5-12-19(17)20/h4-5,8-10,12-13,18,23H,6-7,11,14-16H2,1-3H3. The molecule has 1 saturated heterocycles. The number of sulfonamides is 1. The minimum Gasteiger partial charge on any atom is -0.444 e. The predicted molar refractivity (Wildman–Crippen MR) is 114 cm³/mol. The van der Waals surface area contributed by atoms with E-state index in [1.54, 1.807) is 17.0 Å². The number of carbonyl (C=O) groups excluding carboxylic acids is 1. The molecule has 1 N–H and O–H groups in total. The van der Waals surface area contributed by atoms with Gasteiger partial charge in [-0.25, -0.2) is 17.9 Å². The predicted octanol–water partition coefficient (Wildman–Crippen LogP) is 4.30. The van der Waals surface area contributed by atoms with Crippen molar-refractivity contribution < 1.29 is 17.9 Å². The van der Waals surface area contributed by atoms with Crippen LogP contribution in [0.25, 0.3) is 10.8 Å². The SMILES string of the molecule is CC(C)(C)OC(=O)N1CCCCC1CCNS(=O)(=O)c1cccc2ccccc12. The number of rotatable bonds is 5. The highest BCUT2D eigenvalue weighted by molar-refractivity contribution is 7.89. The smallest absolute Gasteiger partial charge is 0.410 e. The Morgan fingerprint density at radius 3 is 2.62 bits per heavy atom. The molecule has 1 unspecified atom stereocenters. The number of fused-ring (bicyclic) bond motifs is 1. The van der Waals surface area contributed by atoms with E-state index in [4.69, 9.17) is 4.74 Å². The van der Waals surface area contributed by atoms with Crippen molar-refractivity contribution in [2.75, 3.05) is 13.1 Å². The van der Waals surface area contributed by atoms with E-state index in [1.807, 2.05) is 51.1 Å². The van der Waals surface area contributed by atoms with Crippen LogP contribution in [0.15, 0.2) is 47.4 Å². The number of carbonyl (C=O) groups is 1. The average Bonchev–Trinajstić information content (AvgIpc) is 2.66. The van der Waals surface area contributed by atoms with Crippen LogP contribution in [0.2, 0.25) is 0 Å². The number of nitrogens with zero attached hydrogens (tertiary/aromatic N) is 1. The summed E-state index contributed by atoms with van der Waals surface area (Å²) in [5, 5.41) is 1.59. The summed E-state index contributed by atoms with van der Waals surface area (Å²) in [6.45, 7) is 6.47. The Labute approximate surface area is 173 Å². The van der Waals surface area contributed by atoms with Gasteiger partial charge in [0.15, 0.2) is 0 Å². The van der Waals surface area contributed by atoms with E-state index in [1.165, 1.54) is 0 Å². The number of hydrogen-bond donors (Lipinski definition) is 1. The molecule has 1 heterocycles. The fraction of sp³-hybridized carbons (Fsp3) is 0.500. The summed E-state index contributed by atoms with van der Waals surface area (Å²) in [4.78, 5) is 14.5. The van der Waals surface area contributed by atoms with Gasteiger partial charge >= 0.3 is 6.09 Å². The van der Waals surface area contributed by atoms with Gasteiger partial charge in [0.05, 0.1) is 4.90 Å². The van der Waals surface area contributed by atoms with Gasteiger partial charge in [-0.3, -0.25) is 0 Å². The lowest BCUT2D eigenvalue weighted by Gasteiger charge is -2.36. The van der Waals surface area contributed by atoms with Crippen molar-refractivity contribution in [2.24, 2.45) is 0 Å². The van der Waals surface area contributed by atoms with Gasteiger partial charge < -0.3 is 9.64 Å². The van der Waals surface area contributed by atoms with E-state index < -0.39 is 15.6 Å². The second-order valence-electron chi connectivity index (χ2n) is 8.49. The van der Waals surface area contributed by atoms with Crippen molar-refractivity contribution >= 4 is 26.9 Å². The molecule has 0 aromatic heterocycles. The van der Waals surface area contributed by atoms with Crippen LogP contribution in [0, 0.1) is 0 Å². The number of ether oxygens (including phenoxy) is 1. The highest BCUT2D eigenvalue weighted by atomic mass is 32.2. The number of hydrogen-bond acceptors (Lipinski definition) is 4. The Hall–Kier alpha value is -2.12. The molecular weight excluding hydrogens is 388 g/mol. The number of piperidine rings is 1. The maximum Gasteiger partial charge on any atom is 0.410 e. The first-order valence-electron chi connectivity index (χ1n) is 10.1. The van der Waals surface area contributed by atoms with Gasteiger partial charge in [0.1, 0.15) is 5.60 Å². The second kappa shape index (κ2) is 8.71. The fourth-order valence-electron chi connectivity index (χ4n) is 3.73. The molecule has 6 nitrogen and oxygen atoms in total. The second-order valence-corrected chi connectivity index (χ2v) is 10.2. The van der Waals surface area contributed by atoms with Crippen LogP contribution in [-0.4, -0.2) is 44.1 Å². The van der Waals surface area contributed by atoms with Gasteiger partial charge in [-0.1, -0.05) is 36.4 Å². The Bertz CT molecular complexity index is 961. The van der Waals surface area contributed by atoms with Crippen molar-refractivity contribution in [3.63, 3.8) is 0 Å². The van der Waals surface area contributed by atoms with Crippen LogP contribution < -0.4 is 4.72 Å². The quantitative estimate of drug-likeness (QED) is 0.786. The van der Waals surface area contributed by atoms with Gasteiger partial charge in [-0.2, -0.15) is 0 Å². The molecule has 1 fully saturated rings. The molecule has 0 bridgehead atoms. The minimum absolute atomic E-state index is 0.0196. The van der Waals surface area contributed by atoms with Crippen LogP contribution in [0.5, 0.6) is 0 Å². The first kappa shape index (κ1) is 21.6. The highest BCUT2D eigenvalue weighted by Crippen LogP contribution is 2.24. The van der Waals surface area contributed by atoms with E-state index in [2.05, 4.69) is 4.72 Å². The minimum atomic E-state index is -3.64. The maximum absolute atomic E-state index is 12.9. The Kier molecular flexibility index (Phi) is 6.49. The fourth-order valence-corrected chi connectivity index (χ4v) is 5.00. The zero-order chi connectivity index (χ0) is 21.1. The normalized spacial score (nSPS) is 18.0. The molecule has 7 heteroatoms. The van der Waals surface area contributed by atoms with Crippen molar-refractivity contribution in [3.8, 4) is 0 Å².